The number of carbonyl (C=O) groups is 1. The van der Waals surface area contributed by atoms with Crippen LogP contribution in [0.15, 0.2) is 11.4 Å². The summed E-state index contributed by atoms with van der Waals surface area (Å²) < 4.78 is 1.83. The fourth-order valence-electron chi connectivity index (χ4n) is 2.62. The number of hydrogen-bond acceptors (Lipinski definition) is 4. The quantitative estimate of drug-likeness (QED) is 0.817. The third-order valence-corrected chi connectivity index (χ3v) is 5.38. The second kappa shape index (κ2) is 7.31. The van der Waals surface area contributed by atoms with Gasteiger partial charge in [0.25, 0.3) is 0 Å². The number of aromatic nitrogens is 2. The summed E-state index contributed by atoms with van der Waals surface area (Å²) in [6.45, 7) is 4.14. The van der Waals surface area contributed by atoms with Crippen molar-refractivity contribution in [3.63, 3.8) is 0 Å². The molecule has 1 aromatic heterocycles. The van der Waals surface area contributed by atoms with Crippen molar-refractivity contribution in [2.75, 3.05) is 0 Å². The molecule has 0 bridgehead atoms. The Labute approximate surface area is 130 Å². The molecular formula is C15H25N3O2S. The number of carbonyl (C=O) groups excluding carboxylic acids is 1. The monoisotopic (exact) mass is 311 g/mol. The molecule has 5 nitrogen and oxygen atoms in total. The number of aliphatic hydroxyl groups excluding tert-OH is 1. The number of hydrogen-bond donors (Lipinski definition) is 2. The van der Waals surface area contributed by atoms with E-state index in [0.717, 1.165) is 29.6 Å². The van der Waals surface area contributed by atoms with Crippen LogP contribution in [0.3, 0.4) is 0 Å². The molecule has 1 atom stereocenters. The van der Waals surface area contributed by atoms with Gasteiger partial charge < -0.3 is 15.0 Å². The number of nitrogens with one attached hydrogen (secondary N) is 1. The molecule has 1 aromatic rings. The highest BCUT2D eigenvalue weighted by atomic mass is 32.2. The summed E-state index contributed by atoms with van der Waals surface area (Å²) in [5.74, 6) is 0.863. The van der Waals surface area contributed by atoms with E-state index >= 15 is 0 Å². The summed E-state index contributed by atoms with van der Waals surface area (Å²) >= 11 is 1.43. The van der Waals surface area contributed by atoms with E-state index in [1.807, 2.05) is 18.5 Å². The van der Waals surface area contributed by atoms with E-state index in [-0.39, 0.29) is 17.8 Å². The Kier molecular flexibility index (Phi) is 5.70. The van der Waals surface area contributed by atoms with Crippen LogP contribution in [0.1, 0.15) is 45.2 Å². The highest BCUT2D eigenvalue weighted by molar-refractivity contribution is 8.00. The largest absolute Gasteiger partial charge is 0.390 e. The molecule has 2 N–H and O–H groups in total. The van der Waals surface area contributed by atoms with Gasteiger partial charge in [0, 0.05) is 13.1 Å². The minimum Gasteiger partial charge on any atom is -0.390 e. The lowest BCUT2D eigenvalue weighted by Crippen LogP contribution is -2.41. The SMILES string of the molecule is CC1CCC(NC(=O)[C@@H](C)Sc2ncc(CO)n2C)CC1. The Bertz CT molecular complexity index is 481. The zero-order valence-electron chi connectivity index (χ0n) is 13.0. The maximum Gasteiger partial charge on any atom is 0.233 e. The van der Waals surface area contributed by atoms with Crippen LogP contribution in [-0.4, -0.2) is 31.9 Å². The van der Waals surface area contributed by atoms with E-state index in [9.17, 15) is 4.79 Å². The number of rotatable bonds is 5. The zero-order chi connectivity index (χ0) is 15.4. The summed E-state index contributed by atoms with van der Waals surface area (Å²) in [6.07, 6.45) is 6.22. The normalized spacial score (nSPS) is 23.8. The third-order valence-electron chi connectivity index (χ3n) is 4.22. The molecule has 21 heavy (non-hydrogen) atoms. The maximum atomic E-state index is 12.3. The molecule has 0 aliphatic heterocycles. The molecule has 1 heterocycles. The smallest absolute Gasteiger partial charge is 0.233 e. The molecule has 0 spiro atoms. The van der Waals surface area contributed by atoms with Crippen LogP contribution >= 0.6 is 11.8 Å². The van der Waals surface area contributed by atoms with E-state index in [1.54, 1.807) is 6.20 Å². The van der Waals surface area contributed by atoms with Crippen LogP contribution < -0.4 is 5.32 Å². The molecule has 1 aliphatic rings. The number of imidazole rings is 1. The Morgan fingerprint density at radius 1 is 1.52 bits per heavy atom. The molecule has 1 fully saturated rings. The molecule has 118 valence electrons. The fraction of sp³-hybridized carbons (Fsp3) is 0.733. The van der Waals surface area contributed by atoms with Gasteiger partial charge in [0.1, 0.15) is 0 Å². The van der Waals surface area contributed by atoms with Crippen molar-refractivity contribution in [1.82, 2.24) is 14.9 Å². The number of thioether (sulfide) groups is 1. The Balaban J connectivity index is 1.86. The van der Waals surface area contributed by atoms with Crippen molar-refractivity contribution in [3.05, 3.63) is 11.9 Å². The van der Waals surface area contributed by atoms with Crippen LogP contribution in [0.5, 0.6) is 0 Å². The second-order valence-electron chi connectivity index (χ2n) is 5.97. The van der Waals surface area contributed by atoms with Gasteiger partial charge in [-0.25, -0.2) is 4.98 Å². The lowest BCUT2D eigenvalue weighted by molar-refractivity contribution is -0.121. The summed E-state index contributed by atoms with van der Waals surface area (Å²) in [5.41, 5.74) is 0.756. The van der Waals surface area contributed by atoms with Gasteiger partial charge >= 0.3 is 0 Å². The molecule has 1 aliphatic carbocycles. The average Bonchev–Trinajstić information content (AvgIpc) is 2.82. The lowest BCUT2D eigenvalue weighted by Gasteiger charge is -2.27. The highest BCUT2D eigenvalue weighted by Gasteiger charge is 2.23. The molecule has 0 aromatic carbocycles. The minimum absolute atomic E-state index is 0.0368. The first kappa shape index (κ1) is 16.4. The van der Waals surface area contributed by atoms with E-state index in [4.69, 9.17) is 5.11 Å². The molecule has 0 radical (unpaired) electrons. The number of aliphatic hydroxyl groups is 1. The average molecular weight is 311 g/mol. The molecule has 0 unspecified atom stereocenters. The fourth-order valence-corrected chi connectivity index (χ4v) is 3.50. The predicted molar refractivity (Wildman–Crippen MR) is 84.0 cm³/mol. The molecule has 6 heteroatoms. The van der Waals surface area contributed by atoms with Gasteiger partial charge in [-0.05, 0) is 38.5 Å². The van der Waals surface area contributed by atoms with Gasteiger partial charge in [0.2, 0.25) is 5.91 Å². The van der Waals surface area contributed by atoms with E-state index in [0.29, 0.717) is 6.04 Å². The summed E-state index contributed by atoms with van der Waals surface area (Å²) in [6, 6.07) is 0.325. The van der Waals surface area contributed by atoms with Crippen LogP contribution in [0.2, 0.25) is 0 Å². The van der Waals surface area contributed by atoms with Gasteiger partial charge in [-0.3, -0.25) is 4.79 Å². The Hall–Kier alpha value is -1.01. The Morgan fingerprint density at radius 3 is 2.76 bits per heavy atom. The van der Waals surface area contributed by atoms with Gasteiger partial charge in [0.15, 0.2) is 5.16 Å². The van der Waals surface area contributed by atoms with Crippen LogP contribution in [0, 0.1) is 5.92 Å². The van der Waals surface area contributed by atoms with Crippen LogP contribution in [-0.2, 0) is 18.4 Å². The molecule has 1 saturated carbocycles. The molecule has 1 amide bonds. The third kappa shape index (κ3) is 4.23. The van der Waals surface area contributed by atoms with Gasteiger partial charge in [0.05, 0.1) is 23.7 Å². The minimum atomic E-state index is -0.183. The topological polar surface area (TPSA) is 67.2 Å². The van der Waals surface area contributed by atoms with Crippen molar-refractivity contribution in [2.45, 2.75) is 62.6 Å². The zero-order valence-corrected chi connectivity index (χ0v) is 13.8. The summed E-state index contributed by atoms with van der Waals surface area (Å²) in [4.78, 5) is 16.5. The Morgan fingerprint density at radius 2 is 2.19 bits per heavy atom. The van der Waals surface area contributed by atoms with Crippen LogP contribution in [0.4, 0.5) is 0 Å². The molecule has 0 saturated heterocycles. The summed E-state index contributed by atoms with van der Waals surface area (Å²) in [7, 11) is 1.86. The van der Waals surface area contributed by atoms with E-state index in [2.05, 4.69) is 17.2 Å². The van der Waals surface area contributed by atoms with Gasteiger partial charge in [-0.15, -0.1) is 0 Å². The number of nitrogens with zero attached hydrogens (tertiary/aromatic N) is 2. The van der Waals surface area contributed by atoms with Crippen LogP contribution in [0.25, 0.3) is 0 Å². The van der Waals surface area contributed by atoms with E-state index in [1.165, 1.54) is 24.6 Å². The maximum absolute atomic E-state index is 12.3. The lowest BCUT2D eigenvalue weighted by atomic mass is 9.87. The second-order valence-corrected chi connectivity index (χ2v) is 7.28. The van der Waals surface area contributed by atoms with Crippen molar-refractivity contribution >= 4 is 17.7 Å². The van der Waals surface area contributed by atoms with Gasteiger partial charge in [-0.1, -0.05) is 18.7 Å². The first-order valence-corrected chi connectivity index (χ1v) is 8.47. The first-order chi connectivity index (χ1) is 10.0. The summed E-state index contributed by atoms with van der Waals surface area (Å²) in [5, 5.41) is 12.9. The molecule has 2 rings (SSSR count). The number of amides is 1. The molecular weight excluding hydrogens is 286 g/mol. The standard InChI is InChI=1S/C15H25N3O2S/c1-10-4-6-12(7-5-10)17-14(20)11(2)21-15-16-8-13(9-19)18(15)3/h8,10-12,19H,4-7,9H2,1-3H3,(H,17,20)/t10?,11-,12?/m1/s1. The van der Waals surface area contributed by atoms with Gasteiger partial charge in [-0.2, -0.15) is 0 Å². The first-order valence-electron chi connectivity index (χ1n) is 7.59. The highest BCUT2D eigenvalue weighted by Crippen LogP contribution is 2.25. The van der Waals surface area contributed by atoms with Crippen molar-refractivity contribution in [1.29, 1.82) is 0 Å². The van der Waals surface area contributed by atoms with Crippen molar-refractivity contribution in [2.24, 2.45) is 13.0 Å². The van der Waals surface area contributed by atoms with E-state index < -0.39 is 0 Å². The van der Waals surface area contributed by atoms with Crippen molar-refractivity contribution < 1.29 is 9.90 Å². The predicted octanol–water partition coefficient (Wildman–Crippen LogP) is 2.09. The van der Waals surface area contributed by atoms with Crippen molar-refractivity contribution in [3.8, 4) is 0 Å².